The number of hydrogen-bond acceptors (Lipinski definition) is 2. The van der Waals surface area contributed by atoms with Crippen molar-refractivity contribution in [2.75, 3.05) is 6.26 Å². The van der Waals surface area contributed by atoms with Gasteiger partial charge in [0.1, 0.15) is 6.29 Å². The monoisotopic (exact) mass is 116 g/mol. The van der Waals surface area contributed by atoms with Crippen LogP contribution in [0.25, 0.3) is 0 Å². The van der Waals surface area contributed by atoms with Crippen molar-refractivity contribution in [1.29, 1.82) is 0 Å². The van der Waals surface area contributed by atoms with Crippen LogP contribution >= 0.6 is 11.8 Å². The molecule has 0 aromatic carbocycles. The molecule has 0 atom stereocenters. The fourth-order valence-electron chi connectivity index (χ4n) is 0.493. The van der Waals surface area contributed by atoms with E-state index in [9.17, 15) is 4.79 Å². The third-order valence-electron chi connectivity index (χ3n) is 1.36. The molecule has 0 heterocycles. The Morgan fingerprint density at radius 2 is 2.29 bits per heavy atom. The average Bonchev–Trinajstić information content (AvgIpc) is 2.46. The van der Waals surface area contributed by atoms with Gasteiger partial charge < -0.3 is 4.79 Å². The van der Waals surface area contributed by atoms with Gasteiger partial charge in [0.05, 0.1) is 4.75 Å². The van der Waals surface area contributed by atoms with E-state index in [-0.39, 0.29) is 4.75 Å². The van der Waals surface area contributed by atoms with Gasteiger partial charge in [-0.15, -0.1) is 0 Å². The van der Waals surface area contributed by atoms with Gasteiger partial charge in [0.15, 0.2) is 0 Å². The van der Waals surface area contributed by atoms with Gasteiger partial charge in [-0.3, -0.25) is 0 Å². The van der Waals surface area contributed by atoms with Crippen molar-refractivity contribution in [3.8, 4) is 0 Å². The van der Waals surface area contributed by atoms with Crippen molar-refractivity contribution in [2.45, 2.75) is 17.6 Å². The van der Waals surface area contributed by atoms with Gasteiger partial charge in [0.2, 0.25) is 0 Å². The fourth-order valence-corrected chi connectivity index (χ4v) is 1.10. The maximum absolute atomic E-state index is 10.1. The van der Waals surface area contributed by atoms with Gasteiger partial charge in [0.25, 0.3) is 0 Å². The summed E-state index contributed by atoms with van der Waals surface area (Å²) in [6.07, 6.45) is 5.24. The lowest BCUT2D eigenvalue weighted by Crippen LogP contribution is -2.00. The van der Waals surface area contributed by atoms with E-state index in [0.29, 0.717) is 0 Å². The molecule has 1 aliphatic rings. The van der Waals surface area contributed by atoms with Crippen LogP contribution in [0, 0.1) is 0 Å². The van der Waals surface area contributed by atoms with Gasteiger partial charge in [0, 0.05) is 0 Å². The first kappa shape index (κ1) is 5.16. The van der Waals surface area contributed by atoms with Crippen molar-refractivity contribution in [1.82, 2.24) is 0 Å². The van der Waals surface area contributed by atoms with Crippen LogP contribution in [-0.2, 0) is 4.79 Å². The molecule has 0 spiro atoms. The molecule has 0 aromatic heterocycles. The van der Waals surface area contributed by atoms with Crippen molar-refractivity contribution >= 4 is 18.0 Å². The molecule has 1 saturated carbocycles. The number of carbonyl (C=O) groups excluding carboxylic acids is 1. The minimum atomic E-state index is 0.0694. The van der Waals surface area contributed by atoms with Crippen LogP contribution < -0.4 is 0 Å². The summed E-state index contributed by atoms with van der Waals surface area (Å²) in [5.41, 5.74) is 0. The molecule has 0 saturated heterocycles. The molecule has 2 heteroatoms. The minimum absolute atomic E-state index is 0.0694. The topological polar surface area (TPSA) is 17.1 Å². The zero-order valence-corrected chi connectivity index (χ0v) is 5.12. The van der Waals surface area contributed by atoms with Crippen LogP contribution in [0.1, 0.15) is 12.8 Å². The van der Waals surface area contributed by atoms with E-state index < -0.39 is 0 Å². The SMILES string of the molecule is CSC1(C=O)CC1. The predicted octanol–water partition coefficient (Wildman–Crippen LogP) is 1.08. The Hall–Kier alpha value is 0.0200. The molecular weight excluding hydrogens is 108 g/mol. The summed E-state index contributed by atoms with van der Waals surface area (Å²) < 4.78 is 0.0694. The lowest BCUT2D eigenvalue weighted by molar-refractivity contribution is -0.107. The van der Waals surface area contributed by atoms with E-state index in [1.54, 1.807) is 11.8 Å². The normalized spacial score (nSPS) is 24.1. The second kappa shape index (κ2) is 1.51. The van der Waals surface area contributed by atoms with Crippen molar-refractivity contribution < 1.29 is 4.79 Å². The molecule has 0 unspecified atom stereocenters. The van der Waals surface area contributed by atoms with E-state index in [0.717, 1.165) is 19.1 Å². The minimum Gasteiger partial charge on any atom is -0.302 e. The smallest absolute Gasteiger partial charge is 0.136 e. The van der Waals surface area contributed by atoms with Crippen LogP contribution in [0.5, 0.6) is 0 Å². The Kier molecular flexibility index (Phi) is 1.11. The summed E-state index contributed by atoms with van der Waals surface area (Å²) in [6.45, 7) is 0. The highest BCUT2D eigenvalue weighted by molar-refractivity contribution is 8.00. The maximum Gasteiger partial charge on any atom is 0.136 e. The van der Waals surface area contributed by atoms with E-state index >= 15 is 0 Å². The van der Waals surface area contributed by atoms with Crippen molar-refractivity contribution in [3.63, 3.8) is 0 Å². The first-order valence-corrected chi connectivity index (χ1v) is 3.57. The van der Waals surface area contributed by atoms with Crippen LogP contribution in [0.2, 0.25) is 0 Å². The second-order valence-electron chi connectivity index (χ2n) is 1.89. The van der Waals surface area contributed by atoms with Gasteiger partial charge in [-0.25, -0.2) is 0 Å². The second-order valence-corrected chi connectivity index (χ2v) is 3.11. The molecule has 40 valence electrons. The Morgan fingerprint density at radius 1 is 1.71 bits per heavy atom. The standard InChI is InChI=1S/C5H8OS/c1-7-5(4-6)2-3-5/h4H,2-3H2,1H3. The quantitative estimate of drug-likeness (QED) is 0.502. The number of rotatable bonds is 2. The number of carbonyl (C=O) groups is 1. The van der Waals surface area contributed by atoms with Crippen LogP contribution in [-0.4, -0.2) is 17.3 Å². The Bertz CT molecular complexity index is 86.1. The Balaban J connectivity index is 2.42. The van der Waals surface area contributed by atoms with Crippen LogP contribution in [0.4, 0.5) is 0 Å². The summed E-state index contributed by atoms with van der Waals surface area (Å²) in [5.74, 6) is 0. The van der Waals surface area contributed by atoms with E-state index in [2.05, 4.69) is 0 Å². The predicted molar refractivity (Wildman–Crippen MR) is 31.5 cm³/mol. The molecule has 0 amide bonds. The van der Waals surface area contributed by atoms with Crippen molar-refractivity contribution in [2.24, 2.45) is 0 Å². The van der Waals surface area contributed by atoms with Crippen LogP contribution in [0.15, 0.2) is 0 Å². The molecule has 1 fully saturated rings. The Morgan fingerprint density at radius 3 is 2.29 bits per heavy atom. The summed E-state index contributed by atoms with van der Waals surface area (Å²) >= 11 is 1.67. The van der Waals surface area contributed by atoms with Gasteiger partial charge >= 0.3 is 0 Å². The highest BCUT2D eigenvalue weighted by atomic mass is 32.2. The number of thioether (sulfide) groups is 1. The van der Waals surface area contributed by atoms with Crippen molar-refractivity contribution in [3.05, 3.63) is 0 Å². The van der Waals surface area contributed by atoms with Gasteiger partial charge in [-0.05, 0) is 19.1 Å². The molecule has 0 N–H and O–H groups in total. The maximum atomic E-state index is 10.1. The largest absolute Gasteiger partial charge is 0.302 e. The molecule has 1 rings (SSSR count). The van der Waals surface area contributed by atoms with Gasteiger partial charge in [-0.2, -0.15) is 11.8 Å². The lowest BCUT2D eigenvalue weighted by atomic mass is 10.5. The fraction of sp³-hybridized carbons (Fsp3) is 0.800. The first-order valence-electron chi connectivity index (χ1n) is 2.34. The van der Waals surface area contributed by atoms with Crippen LogP contribution in [0.3, 0.4) is 0 Å². The summed E-state index contributed by atoms with van der Waals surface area (Å²) in [6, 6.07) is 0. The van der Waals surface area contributed by atoms with E-state index in [1.807, 2.05) is 6.26 Å². The average molecular weight is 116 g/mol. The zero-order valence-electron chi connectivity index (χ0n) is 4.31. The summed E-state index contributed by atoms with van der Waals surface area (Å²) in [7, 11) is 0. The molecule has 1 nitrogen and oxygen atoms in total. The zero-order chi connectivity index (χ0) is 5.33. The first-order chi connectivity index (χ1) is 3.33. The molecule has 0 bridgehead atoms. The summed E-state index contributed by atoms with van der Waals surface area (Å²) in [4.78, 5) is 10.1. The third-order valence-corrected chi connectivity index (χ3v) is 2.68. The molecule has 7 heavy (non-hydrogen) atoms. The van der Waals surface area contributed by atoms with E-state index in [1.165, 1.54) is 0 Å². The number of hydrogen-bond donors (Lipinski definition) is 0. The number of aldehydes is 1. The van der Waals surface area contributed by atoms with E-state index in [4.69, 9.17) is 0 Å². The summed E-state index contributed by atoms with van der Waals surface area (Å²) in [5, 5.41) is 0. The molecule has 0 aliphatic heterocycles. The molecule has 0 radical (unpaired) electrons. The molecule has 0 aromatic rings. The Labute approximate surface area is 47.5 Å². The highest BCUT2D eigenvalue weighted by Gasteiger charge is 2.41. The highest BCUT2D eigenvalue weighted by Crippen LogP contribution is 2.44. The molecular formula is C5H8OS. The van der Waals surface area contributed by atoms with Gasteiger partial charge in [-0.1, -0.05) is 0 Å². The lowest BCUT2D eigenvalue weighted by Gasteiger charge is -1.95. The molecule has 1 aliphatic carbocycles. The third kappa shape index (κ3) is 0.801.